The average molecular weight is 258 g/mol. The van der Waals surface area contributed by atoms with E-state index in [2.05, 4.69) is 0 Å². The maximum atomic E-state index is 9.64. The van der Waals surface area contributed by atoms with Crippen molar-refractivity contribution in [3.8, 4) is 23.0 Å². The molecular formula is C15H14O4. The zero-order valence-corrected chi connectivity index (χ0v) is 10.4. The second-order valence-corrected chi connectivity index (χ2v) is 4.01. The number of hydrogen-bond donors (Lipinski definition) is 3. The van der Waals surface area contributed by atoms with Gasteiger partial charge < -0.3 is 20.1 Å². The number of phenols is 3. The van der Waals surface area contributed by atoms with E-state index < -0.39 is 0 Å². The van der Waals surface area contributed by atoms with Crippen LogP contribution in [-0.2, 0) is 0 Å². The third-order valence-corrected chi connectivity index (χ3v) is 2.67. The molecule has 19 heavy (non-hydrogen) atoms. The molecule has 0 heterocycles. The average Bonchev–Trinajstić information content (AvgIpc) is 2.40. The zero-order valence-electron chi connectivity index (χ0n) is 10.4. The van der Waals surface area contributed by atoms with E-state index in [0.29, 0.717) is 11.3 Å². The van der Waals surface area contributed by atoms with Gasteiger partial charge in [-0.2, -0.15) is 0 Å². The fraction of sp³-hybridized carbons (Fsp3) is 0.0667. The van der Waals surface area contributed by atoms with Crippen LogP contribution in [0.3, 0.4) is 0 Å². The van der Waals surface area contributed by atoms with Crippen molar-refractivity contribution in [3.05, 3.63) is 47.5 Å². The predicted molar refractivity (Wildman–Crippen MR) is 73.4 cm³/mol. The van der Waals surface area contributed by atoms with Crippen molar-refractivity contribution < 1.29 is 20.1 Å². The van der Waals surface area contributed by atoms with Crippen molar-refractivity contribution in [3.63, 3.8) is 0 Å². The molecule has 4 heteroatoms. The van der Waals surface area contributed by atoms with Crippen molar-refractivity contribution in [2.75, 3.05) is 7.11 Å². The highest BCUT2D eigenvalue weighted by atomic mass is 16.5. The Morgan fingerprint density at radius 1 is 0.895 bits per heavy atom. The van der Waals surface area contributed by atoms with E-state index in [1.54, 1.807) is 30.4 Å². The minimum absolute atomic E-state index is 0.0461. The van der Waals surface area contributed by atoms with Crippen LogP contribution >= 0.6 is 0 Å². The minimum Gasteiger partial charge on any atom is -0.508 e. The van der Waals surface area contributed by atoms with Crippen molar-refractivity contribution in [1.29, 1.82) is 0 Å². The third-order valence-electron chi connectivity index (χ3n) is 2.67. The summed E-state index contributed by atoms with van der Waals surface area (Å²) < 4.78 is 4.95. The number of phenolic OH excluding ortho intramolecular Hbond substituents is 3. The SMILES string of the molecule is COc1ccc(/C=C/c2cc(O)ccc2O)cc1O. The number of benzene rings is 2. The van der Waals surface area contributed by atoms with E-state index in [9.17, 15) is 15.3 Å². The lowest BCUT2D eigenvalue weighted by atomic mass is 10.1. The van der Waals surface area contributed by atoms with Crippen LogP contribution in [0.25, 0.3) is 12.2 Å². The second kappa shape index (κ2) is 5.35. The molecule has 98 valence electrons. The van der Waals surface area contributed by atoms with Gasteiger partial charge in [-0.1, -0.05) is 18.2 Å². The van der Waals surface area contributed by atoms with Gasteiger partial charge in [0.2, 0.25) is 0 Å². The van der Waals surface area contributed by atoms with Crippen LogP contribution in [-0.4, -0.2) is 22.4 Å². The first kappa shape index (κ1) is 12.8. The summed E-state index contributed by atoms with van der Waals surface area (Å²) in [7, 11) is 1.48. The quantitative estimate of drug-likeness (QED) is 0.584. The lowest BCUT2D eigenvalue weighted by Gasteiger charge is -2.03. The molecule has 0 spiro atoms. The highest BCUT2D eigenvalue weighted by Gasteiger charge is 2.01. The Kier molecular flexibility index (Phi) is 3.61. The van der Waals surface area contributed by atoms with Gasteiger partial charge in [-0.3, -0.25) is 0 Å². The first-order valence-corrected chi connectivity index (χ1v) is 5.67. The van der Waals surface area contributed by atoms with Crippen molar-refractivity contribution in [2.24, 2.45) is 0 Å². The standard InChI is InChI=1S/C15H14O4/c1-19-15-7-3-10(8-14(15)18)2-4-11-9-12(16)5-6-13(11)17/h2-9,16-18H,1H3/b4-2+. The summed E-state index contributed by atoms with van der Waals surface area (Å²) in [5.41, 5.74) is 1.25. The summed E-state index contributed by atoms with van der Waals surface area (Å²) in [6, 6.07) is 9.25. The minimum atomic E-state index is 0.0461. The topological polar surface area (TPSA) is 69.9 Å². The van der Waals surface area contributed by atoms with E-state index >= 15 is 0 Å². The highest BCUT2D eigenvalue weighted by molar-refractivity contribution is 5.74. The first-order chi connectivity index (χ1) is 9.10. The van der Waals surface area contributed by atoms with E-state index in [1.165, 1.54) is 25.3 Å². The first-order valence-electron chi connectivity index (χ1n) is 5.67. The van der Waals surface area contributed by atoms with Crippen molar-refractivity contribution in [2.45, 2.75) is 0 Å². The van der Waals surface area contributed by atoms with Gasteiger partial charge in [0, 0.05) is 5.56 Å². The number of ether oxygens (including phenoxy) is 1. The van der Waals surface area contributed by atoms with Crippen molar-refractivity contribution >= 4 is 12.2 Å². The van der Waals surface area contributed by atoms with Gasteiger partial charge >= 0.3 is 0 Å². The van der Waals surface area contributed by atoms with Crippen LogP contribution in [0.1, 0.15) is 11.1 Å². The largest absolute Gasteiger partial charge is 0.508 e. The lowest BCUT2D eigenvalue weighted by molar-refractivity contribution is 0.373. The molecule has 0 unspecified atom stereocenters. The summed E-state index contributed by atoms with van der Waals surface area (Å²) in [6.07, 6.45) is 3.37. The molecule has 2 rings (SSSR count). The van der Waals surface area contributed by atoms with E-state index in [-0.39, 0.29) is 17.2 Å². The molecule has 0 atom stereocenters. The van der Waals surface area contributed by atoms with E-state index in [4.69, 9.17) is 4.74 Å². The molecule has 0 radical (unpaired) electrons. The van der Waals surface area contributed by atoms with Crippen molar-refractivity contribution in [1.82, 2.24) is 0 Å². The molecule has 0 saturated heterocycles. The number of hydrogen-bond acceptors (Lipinski definition) is 4. The Balaban J connectivity index is 2.27. The molecule has 0 amide bonds. The van der Waals surface area contributed by atoms with Gasteiger partial charge in [0.1, 0.15) is 11.5 Å². The summed E-state index contributed by atoms with van der Waals surface area (Å²) in [4.78, 5) is 0. The Hall–Kier alpha value is -2.62. The van der Waals surface area contributed by atoms with Gasteiger partial charge in [0.25, 0.3) is 0 Å². The fourth-order valence-electron chi connectivity index (χ4n) is 1.67. The summed E-state index contributed by atoms with van der Waals surface area (Å²) >= 11 is 0. The summed E-state index contributed by atoms with van der Waals surface area (Å²) in [5, 5.41) is 28.6. The normalized spacial score (nSPS) is 10.8. The van der Waals surface area contributed by atoms with Gasteiger partial charge in [0.15, 0.2) is 11.5 Å². The molecule has 0 saturated carbocycles. The van der Waals surface area contributed by atoms with Crippen LogP contribution in [0.4, 0.5) is 0 Å². The molecule has 3 N–H and O–H groups in total. The molecule has 0 aliphatic heterocycles. The molecule has 4 nitrogen and oxygen atoms in total. The number of rotatable bonds is 3. The fourth-order valence-corrected chi connectivity index (χ4v) is 1.67. The van der Waals surface area contributed by atoms with Crippen LogP contribution in [0.5, 0.6) is 23.0 Å². The monoisotopic (exact) mass is 258 g/mol. The van der Waals surface area contributed by atoms with Crippen LogP contribution in [0.15, 0.2) is 36.4 Å². The highest BCUT2D eigenvalue weighted by Crippen LogP contribution is 2.28. The molecule has 0 aromatic heterocycles. The molecule has 2 aromatic rings. The van der Waals surface area contributed by atoms with Gasteiger partial charge in [0.05, 0.1) is 7.11 Å². The lowest BCUT2D eigenvalue weighted by Crippen LogP contribution is -1.83. The maximum Gasteiger partial charge on any atom is 0.160 e. The van der Waals surface area contributed by atoms with Crippen LogP contribution in [0, 0.1) is 0 Å². The molecular weight excluding hydrogens is 244 g/mol. The van der Waals surface area contributed by atoms with Gasteiger partial charge in [-0.15, -0.1) is 0 Å². The Morgan fingerprint density at radius 2 is 1.68 bits per heavy atom. The van der Waals surface area contributed by atoms with Gasteiger partial charge in [-0.05, 0) is 35.9 Å². The summed E-state index contributed by atoms with van der Waals surface area (Å²) in [6.45, 7) is 0. The Bertz CT molecular complexity index is 618. The van der Waals surface area contributed by atoms with Gasteiger partial charge in [-0.25, -0.2) is 0 Å². The molecule has 0 fully saturated rings. The zero-order chi connectivity index (χ0) is 13.8. The second-order valence-electron chi connectivity index (χ2n) is 4.01. The smallest absolute Gasteiger partial charge is 0.160 e. The molecule has 0 aliphatic carbocycles. The number of methoxy groups -OCH3 is 1. The van der Waals surface area contributed by atoms with Crippen LogP contribution in [0.2, 0.25) is 0 Å². The molecule has 2 aromatic carbocycles. The Morgan fingerprint density at radius 3 is 2.37 bits per heavy atom. The summed E-state index contributed by atoms with van der Waals surface area (Å²) in [5.74, 6) is 0.601. The van der Waals surface area contributed by atoms with E-state index in [1.807, 2.05) is 0 Å². The molecule has 0 aliphatic rings. The Labute approximate surface area is 110 Å². The van der Waals surface area contributed by atoms with Crippen LogP contribution < -0.4 is 4.74 Å². The molecule has 0 bridgehead atoms. The third kappa shape index (κ3) is 2.98. The number of aromatic hydroxyl groups is 3. The maximum absolute atomic E-state index is 9.64. The van der Waals surface area contributed by atoms with E-state index in [0.717, 1.165) is 5.56 Å². The predicted octanol–water partition coefficient (Wildman–Crippen LogP) is 2.98.